The molecule has 1 fully saturated rings. The molecule has 4 rings (SSSR count). The molecule has 0 saturated carbocycles. The number of carbonyl (C=O) groups excluding carboxylic acids is 1. The van der Waals surface area contributed by atoms with E-state index in [0.29, 0.717) is 59.2 Å². The summed E-state index contributed by atoms with van der Waals surface area (Å²) < 4.78 is 16.2. The van der Waals surface area contributed by atoms with Crippen molar-refractivity contribution in [1.29, 1.82) is 0 Å². The lowest BCUT2D eigenvalue weighted by molar-refractivity contribution is -0.115. The van der Waals surface area contributed by atoms with Gasteiger partial charge in [-0.05, 0) is 12.1 Å². The minimum atomic E-state index is -0.114. The predicted molar refractivity (Wildman–Crippen MR) is 132 cm³/mol. The highest BCUT2D eigenvalue weighted by Gasteiger charge is 2.30. The maximum Gasteiger partial charge on any atom is 0.223 e. The van der Waals surface area contributed by atoms with Crippen LogP contribution in [0.3, 0.4) is 0 Å². The van der Waals surface area contributed by atoms with Gasteiger partial charge in [0.2, 0.25) is 5.95 Å². The summed E-state index contributed by atoms with van der Waals surface area (Å²) in [6, 6.07) is 3.23. The average molecular weight is 504 g/mol. The lowest BCUT2D eigenvalue weighted by Crippen LogP contribution is -2.30. The quantitative estimate of drug-likeness (QED) is 0.436. The molecule has 2 aromatic heterocycles. The van der Waals surface area contributed by atoms with E-state index in [1.54, 1.807) is 18.3 Å². The van der Waals surface area contributed by atoms with Gasteiger partial charge in [0.15, 0.2) is 11.6 Å². The third-order valence-electron chi connectivity index (χ3n) is 5.63. The van der Waals surface area contributed by atoms with Crippen molar-refractivity contribution >= 4 is 51.7 Å². The lowest BCUT2D eigenvalue weighted by atomic mass is 9.97. The Balaban J connectivity index is 1.69. The summed E-state index contributed by atoms with van der Waals surface area (Å²) in [4.78, 5) is 25.2. The third kappa shape index (κ3) is 4.59. The average Bonchev–Trinajstić information content (AvgIpc) is 3.26. The highest BCUT2D eigenvalue weighted by molar-refractivity contribution is 6.41. The SMILES string of the molecule is C=CC(=O)C[C@H]1COC[C@H]1Nc1ncc2cc(-c3c(Cl)c(OC)cc(OC)c3Cl)nc(N)c2n1. The Kier molecular flexibility index (Phi) is 7.06. The van der Waals surface area contributed by atoms with E-state index in [-0.39, 0.29) is 33.6 Å². The van der Waals surface area contributed by atoms with Gasteiger partial charge in [-0.25, -0.2) is 15.0 Å². The fourth-order valence-corrected chi connectivity index (χ4v) is 4.53. The Bertz CT molecular complexity index is 1240. The number of hydrogen-bond acceptors (Lipinski definition) is 9. The molecule has 0 radical (unpaired) electrons. The Labute approximate surface area is 206 Å². The number of methoxy groups -OCH3 is 2. The molecule has 34 heavy (non-hydrogen) atoms. The predicted octanol–water partition coefficient (Wildman–Crippen LogP) is 4.17. The van der Waals surface area contributed by atoms with Crippen LogP contribution in [0, 0.1) is 5.92 Å². The molecular formula is C23H23Cl2N5O4. The summed E-state index contributed by atoms with van der Waals surface area (Å²) in [5.74, 6) is 1.27. The van der Waals surface area contributed by atoms with Crippen molar-refractivity contribution in [2.75, 3.05) is 38.5 Å². The maximum absolute atomic E-state index is 11.8. The molecule has 11 heteroatoms. The number of nitrogens with zero attached hydrogens (tertiary/aromatic N) is 3. The van der Waals surface area contributed by atoms with Crippen molar-refractivity contribution in [2.45, 2.75) is 12.5 Å². The minimum Gasteiger partial charge on any atom is -0.495 e. The molecule has 0 amide bonds. The van der Waals surface area contributed by atoms with E-state index < -0.39 is 0 Å². The number of nitrogen functional groups attached to an aromatic ring is 1. The number of rotatable bonds is 8. The van der Waals surface area contributed by atoms with Crippen LogP contribution in [0.15, 0.2) is 31.0 Å². The van der Waals surface area contributed by atoms with Gasteiger partial charge < -0.3 is 25.3 Å². The van der Waals surface area contributed by atoms with Gasteiger partial charge in [-0.2, -0.15) is 0 Å². The number of ketones is 1. The van der Waals surface area contributed by atoms with Crippen molar-refractivity contribution in [3.05, 3.63) is 41.0 Å². The highest BCUT2D eigenvalue weighted by Crippen LogP contribution is 2.46. The number of carbonyl (C=O) groups is 1. The topological polar surface area (TPSA) is 121 Å². The van der Waals surface area contributed by atoms with Crippen LogP contribution in [0.1, 0.15) is 6.42 Å². The fraction of sp³-hybridized carbons (Fsp3) is 0.304. The van der Waals surface area contributed by atoms with E-state index >= 15 is 0 Å². The highest BCUT2D eigenvalue weighted by atomic mass is 35.5. The molecule has 0 unspecified atom stereocenters. The molecular weight excluding hydrogens is 481 g/mol. The number of hydrogen-bond donors (Lipinski definition) is 2. The van der Waals surface area contributed by atoms with Crippen LogP contribution < -0.4 is 20.5 Å². The fourth-order valence-electron chi connectivity index (χ4n) is 3.84. The molecule has 1 aromatic carbocycles. The number of aromatic nitrogens is 3. The summed E-state index contributed by atoms with van der Waals surface area (Å²) in [6.45, 7) is 4.45. The van der Waals surface area contributed by atoms with Crippen LogP contribution in [0.25, 0.3) is 22.2 Å². The van der Waals surface area contributed by atoms with Crippen LogP contribution in [0.4, 0.5) is 11.8 Å². The van der Waals surface area contributed by atoms with E-state index in [1.165, 1.54) is 20.3 Å². The summed E-state index contributed by atoms with van der Waals surface area (Å²) in [5, 5.41) is 4.44. The lowest BCUT2D eigenvalue weighted by Gasteiger charge is -2.18. The van der Waals surface area contributed by atoms with E-state index in [0.717, 1.165) is 0 Å². The molecule has 9 nitrogen and oxygen atoms in total. The molecule has 1 saturated heterocycles. The van der Waals surface area contributed by atoms with Gasteiger partial charge >= 0.3 is 0 Å². The number of ether oxygens (including phenoxy) is 3. The number of anilines is 2. The van der Waals surface area contributed by atoms with Gasteiger partial charge in [-0.3, -0.25) is 4.79 Å². The number of nitrogens with one attached hydrogen (secondary N) is 1. The van der Waals surface area contributed by atoms with Crippen molar-refractivity contribution in [3.8, 4) is 22.8 Å². The molecule has 0 aliphatic carbocycles. The Morgan fingerprint density at radius 2 is 1.94 bits per heavy atom. The van der Waals surface area contributed by atoms with E-state index in [2.05, 4.69) is 26.8 Å². The largest absolute Gasteiger partial charge is 0.495 e. The normalized spacial score (nSPS) is 17.5. The van der Waals surface area contributed by atoms with Crippen molar-refractivity contribution in [2.24, 2.45) is 5.92 Å². The van der Waals surface area contributed by atoms with E-state index in [1.807, 2.05) is 0 Å². The Morgan fingerprint density at radius 1 is 1.24 bits per heavy atom. The number of halogens is 2. The van der Waals surface area contributed by atoms with Crippen LogP contribution in [-0.2, 0) is 9.53 Å². The molecule has 0 bridgehead atoms. The first kappa shape index (κ1) is 24.0. The second-order valence-electron chi connectivity index (χ2n) is 7.73. The first-order valence-electron chi connectivity index (χ1n) is 10.4. The molecule has 3 N–H and O–H groups in total. The molecule has 178 valence electrons. The van der Waals surface area contributed by atoms with E-state index in [9.17, 15) is 4.79 Å². The van der Waals surface area contributed by atoms with E-state index in [4.69, 9.17) is 43.1 Å². The van der Waals surface area contributed by atoms with Crippen LogP contribution >= 0.6 is 23.2 Å². The van der Waals surface area contributed by atoms with Gasteiger partial charge in [-0.1, -0.05) is 29.8 Å². The maximum atomic E-state index is 11.8. The summed E-state index contributed by atoms with van der Waals surface area (Å²) in [5.41, 5.74) is 7.57. The van der Waals surface area contributed by atoms with Crippen LogP contribution in [0.2, 0.25) is 10.0 Å². The monoisotopic (exact) mass is 503 g/mol. The number of allylic oxidation sites excluding steroid dienone is 1. The molecule has 1 aliphatic heterocycles. The third-order valence-corrected chi connectivity index (χ3v) is 6.38. The van der Waals surface area contributed by atoms with Gasteiger partial charge in [0.25, 0.3) is 0 Å². The van der Waals surface area contributed by atoms with Gasteiger partial charge in [0, 0.05) is 35.6 Å². The van der Waals surface area contributed by atoms with Gasteiger partial charge in [0.05, 0.1) is 49.2 Å². The number of pyridine rings is 1. The van der Waals surface area contributed by atoms with Crippen LogP contribution in [0.5, 0.6) is 11.5 Å². The molecule has 2 atom stereocenters. The standard InChI is InChI=1S/C23H23Cl2N5O4/c1-4-13(31)5-12-9-34-10-15(12)29-23-27-8-11-6-14(28-22(26)21(11)30-23)18-19(24)16(32-2)7-17(33-3)20(18)25/h4,6-8,12,15H,1,5,9-10H2,2-3H3,(H2,26,28)(H,27,29,30)/t12-,15+/m0/s1. The number of nitrogens with two attached hydrogens (primary N) is 1. The smallest absolute Gasteiger partial charge is 0.223 e. The van der Waals surface area contributed by atoms with Crippen LogP contribution in [-0.4, -0.2) is 54.2 Å². The summed E-state index contributed by atoms with van der Waals surface area (Å²) >= 11 is 13.1. The zero-order valence-corrected chi connectivity index (χ0v) is 20.1. The van der Waals surface area contributed by atoms with Crippen molar-refractivity contribution < 1.29 is 19.0 Å². The van der Waals surface area contributed by atoms with Gasteiger partial charge in [0.1, 0.15) is 17.0 Å². The Morgan fingerprint density at radius 3 is 2.59 bits per heavy atom. The zero-order valence-electron chi connectivity index (χ0n) is 18.6. The molecule has 1 aliphatic rings. The molecule has 3 aromatic rings. The Hall–Kier alpha value is -3.14. The minimum absolute atomic E-state index is 0.00466. The summed E-state index contributed by atoms with van der Waals surface area (Å²) in [6.07, 6.45) is 3.29. The first-order valence-corrected chi connectivity index (χ1v) is 11.1. The molecule has 0 spiro atoms. The van der Waals surface area contributed by atoms with Crippen molar-refractivity contribution in [1.82, 2.24) is 15.0 Å². The number of benzene rings is 1. The second kappa shape index (κ2) is 10.0. The zero-order chi connectivity index (χ0) is 24.4. The van der Waals surface area contributed by atoms with Gasteiger partial charge in [-0.15, -0.1) is 0 Å². The second-order valence-corrected chi connectivity index (χ2v) is 8.49. The summed E-state index contributed by atoms with van der Waals surface area (Å²) in [7, 11) is 2.99. The number of fused-ring (bicyclic) bond motifs is 1. The van der Waals surface area contributed by atoms with Crippen molar-refractivity contribution in [3.63, 3.8) is 0 Å². The molecule has 3 heterocycles. The first-order chi connectivity index (χ1) is 16.4.